The van der Waals surface area contributed by atoms with Crippen molar-refractivity contribution in [3.63, 3.8) is 0 Å². The van der Waals surface area contributed by atoms with Gasteiger partial charge < -0.3 is 20.1 Å². The summed E-state index contributed by atoms with van der Waals surface area (Å²) in [5, 5.41) is 26.0. The Bertz CT molecular complexity index is 216. The van der Waals surface area contributed by atoms with E-state index in [-0.39, 0.29) is 6.54 Å². The average Bonchev–Trinajstić information content (AvgIpc) is 2.04. The predicted molar refractivity (Wildman–Crippen MR) is 42.5 cm³/mol. The fraction of sp³-hybridized carbons (Fsp3) is 0.500. The second-order valence-electron chi connectivity index (χ2n) is 2.63. The standard InChI is InChI=1S/C6H10BNO4/c9-6(10)8-3-1-5(2-4-8)7(11)12/h1,11-12H,2-4H2,(H,9,10). The highest BCUT2D eigenvalue weighted by atomic mass is 16.4. The van der Waals surface area contributed by atoms with E-state index in [9.17, 15) is 4.79 Å². The molecule has 3 N–H and O–H groups in total. The quantitative estimate of drug-likeness (QED) is 0.456. The highest BCUT2D eigenvalue weighted by Gasteiger charge is 2.21. The zero-order valence-corrected chi connectivity index (χ0v) is 6.47. The smallest absolute Gasteiger partial charge is 0.465 e. The molecule has 12 heavy (non-hydrogen) atoms. The van der Waals surface area contributed by atoms with Crippen molar-refractivity contribution in [1.82, 2.24) is 4.90 Å². The van der Waals surface area contributed by atoms with Gasteiger partial charge in [0.2, 0.25) is 0 Å². The molecule has 0 saturated heterocycles. The average molecular weight is 171 g/mol. The van der Waals surface area contributed by atoms with Gasteiger partial charge in [-0.15, -0.1) is 0 Å². The highest BCUT2D eigenvalue weighted by Crippen LogP contribution is 2.11. The fourth-order valence-electron chi connectivity index (χ4n) is 1.09. The molecule has 0 unspecified atom stereocenters. The molecule has 1 heterocycles. The Morgan fingerprint density at radius 3 is 2.58 bits per heavy atom. The van der Waals surface area contributed by atoms with Crippen LogP contribution in [0.3, 0.4) is 0 Å². The molecule has 0 saturated carbocycles. The lowest BCUT2D eigenvalue weighted by molar-refractivity contribution is 0.149. The molecule has 6 heteroatoms. The minimum Gasteiger partial charge on any atom is -0.465 e. The van der Waals surface area contributed by atoms with E-state index in [2.05, 4.69) is 0 Å². The van der Waals surface area contributed by atoms with Gasteiger partial charge in [-0.2, -0.15) is 0 Å². The minimum absolute atomic E-state index is 0.238. The molecule has 5 nitrogen and oxygen atoms in total. The third-order valence-corrected chi connectivity index (χ3v) is 1.85. The number of amides is 1. The molecule has 1 aliphatic heterocycles. The summed E-state index contributed by atoms with van der Waals surface area (Å²) in [4.78, 5) is 11.6. The van der Waals surface area contributed by atoms with Crippen molar-refractivity contribution in [3.8, 4) is 0 Å². The van der Waals surface area contributed by atoms with Gasteiger partial charge in [-0.3, -0.25) is 0 Å². The predicted octanol–water partition coefficient (Wildman–Crippen LogP) is -0.692. The van der Waals surface area contributed by atoms with Crippen molar-refractivity contribution in [2.24, 2.45) is 0 Å². The lowest BCUT2D eigenvalue weighted by Crippen LogP contribution is -2.36. The lowest BCUT2D eigenvalue weighted by atomic mass is 9.76. The molecule has 0 radical (unpaired) electrons. The minimum atomic E-state index is -1.44. The molecule has 1 amide bonds. The molecule has 0 aliphatic carbocycles. The molecule has 66 valence electrons. The molecule has 0 aromatic heterocycles. The van der Waals surface area contributed by atoms with Gasteiger partial charge in [-0.05, 0) is 11.9 Å². The molecule has 0 fully saturated rings. The van der Waals surface area contributed by atoms with E-state index in [0.717, 1.165) is 0 Å². The first-order valence-corrected chi connectivity index (χ1v) is 3.64. The van der Waals surface area contributed by atoms with E-state index < -0.39 is 13.2 Å². The summed E-state index contributed by atoms with van der Waals surface area (Å²) < 4.78 is 0. The van der Waals surface area contributed by atoms with Gasteiger partial charge in [-0.1, -0.05) is 6.08 Å². The van der Waals surface area contributed by atoms with E-state index in [1.54, 1.807) is 0 Å². The van der Waals surface area contributed by atoms with Crippen LogP contribution < -0.4 is 0 Å². The number of rotatable bonds is 1. The van der Waals surface area contributed by atoms with E-state index in [4.69, 9.17) is 15.2 Å². The lowest BCUT2D eigenvalue weighted by Gasteiger charge is -2.23. The SMILES string of the molecule is O=C(O)N1CC=C(B(O)O)CC1. The van der Waals surface area contributed by atoms with Crippen molar-refractivity contribution in [2.75, 3.05) is 13.1 Å². The summed E-state index contributed by atoms with van der Waals surface area (Å²) in [5.74, 6) is 0. The molecular formula is C6H10BNO4. The van der Waals surface area contributed by atoms with Crippen LogP contribution in [0.1, 0.15) is 6.42 Å². The number of hydrogen-bond acceptors (Lipinski definition) is 3. The van der Waals surface area contributed by atoms with Gasteiger partial charge in [0, 0.05) is 13.1 Å². The van der Waals surface area contributed by atoms with Crippen molar-refractivity contribution < 1.29 is 19.9 Å². The van der Waals surface area contributed by atoms with E-state index >= 15 is 0 Å². The van der Waals surface area contributed by atoms with Crippen molar-refractivity contribution in [2.45, 2.75) is 6.42 Å². The summed E-state index contributed by atoms with van der Waals surface area (Å²) in [6.07, 6.45) is 0.949. The molecule has 0 bridgehead atoms. The van der Waals surface area contributed by atoms with Crippen molar-refractivity contribution in [1.29, 1.82) is 0 Å². The summed E-state index contributed by atoms with van der Waals surface area (Å²) in [7, 11) is -1.44. The monoisotopic (exact) mass is 171 g/mol. The first-order chi connectivity index (χ1) is 5.61. The third-order valence-electron chi connectivity index (χ3n) is 1.85. The molecular weight excluding hydrogens is 161 g/mol. The molecule has 0 aromatic rings. The summed E-state index contributed by atoms with van der Waals surface area (Å²) in [5.41, 5.74) is 0.493. The highest BCUT2D eigenvalue weighted by molar-refractivity contribution is 6.50. The second-order valence-corrected chi connectivity index (χ2v) is 2.63. The van der Waals surface area contributed by atoms with E-state index in [1.807, 2.05) is 0 Å². The Kier molecular flexibility index (Phi) is 2.72. The Balaban J connectivity index is 2.53. The number of carboxylic acid groups (broad SMARTS) is 1. The Morgan fingerprint density at radius 1 is 1.58 bits per heavy atom. The van der Waals surface area contributed by atoms with Crippen LogP contribution in [0.2, 0.25) is 0 Å². The van der Waals surface area contributed by atoms with Crippen LogP contribution in [0, 0.1) is 0 Å². The largest absolute Gasteiger partial charge is 0.483 e. The Labute approximate surface area is 70.1 Å². The van der Waals surface area contributed by atoms with Gasteiger partial charge in [0.05, 0.1) is 0 Å². The van der Waals surface area contributed by atoms with Crippen LogP contribution in [0.15, 0.2) is 11.5 Å². The van der Waals surface area contributed by atoms with E-state index in [1.165, 1.54) is 11.0 Å². The number of nitrogens with zero attached hydrogens (tertiary/aromatic N) is 1. The Hall–Kier alpha value is -1.01. The van der Waals surface area contributed by atoms with Crippen LogP contribution in [-0.4, -0.2) is 46.4 Å². The van der Waals surface area contributed by atoms with Crippen LogP contribution in [-0.2, 0) is 0 Å². The zero-order valence-electron chi connectivity index (χ0n) is 6.47. The van der Waals surface area contributed by atoms with Crippen molar-refractivity contribution in [3.05, 3.63) is 11.5 Å². The first-order valence-electron chi connectivity index (χ1n) is 3.64. The van der Waals surface area contributed by atoms with E-state index in [0.29, 0.717) is 18.4 Å². The van der Waals surface area contributed by atoms with Crippen LogP contribution >= 0.6 is 0 Å². The van der Waals surface area contributed by atoms with Crippen LogP contribution in [0.5, 0.6) is 0 Å². The maximum atomic E-state index is 10.4. The molecule has 0 aromatic carbocycles. The first kappa shape index (κ1) is 9.09. The van der Waals surface area contributed by atoms with Gasteiger partial charge in [0.15, 0.2) is 0 Å². The molecule has 0 atom stereocenters. The van der Waals surface area contributed by atoms with Gasteiger partial charge >= 0.3 is 13.2 Å². The second kappa shape index (κ2) is 3.60. The molecule has 1 rings (SSSR count). The van der Waals surface area contributed by atoms with Crippen molar-refractivity contribution >= 4 is 13.2 Å². The van der Waals surface area contributed by atoms with Crippen LogP contribution in [0.4, 0.5) is 4.79 Å². The van der Waals surface area contributed by atoms with Gasteiger partial charge in [0.1, 0.15) is 0 Å². The van der Waals surface area contributed by atoms with Gasteiger partial charge in [-0.25, -0.2) is 4.79 Å². The summed E-state index contributed by atoms with van der Waals surface area (Å²) in [6.45, 7) is 0.571. The topological polar surface area (TPSA) is 81.0 Å². The number of carbonyl (C=O) groups is 1. The summed E-state index contributed by atoms with van der Waals surface area (Å²) in [6, 6.07) is 0. The normalized spacial score (nSPS) is 17.2. The molecule has 0 spiro atoms. The van der Waals surface area contributed by atoms with Crippen LogP contribution in [0.25, 0.3) is 0 Å². The Morgan fingerprint density at radius 2 is 2.25 bits per heavy atom. The maximum absolute atomic E-state index is 10.4. The zero-order chi connectivity index (χ0) is 9.14. The van der Waals surface area contributed by atoms with Gasteiger partial charge in [0.25, 0.3) is 0 Å². The maximum Gasteiger partial charge on any atom is 0.483 e. The summed E-state index contributed by atoms with van der Waals surface area (Å²) >= 11 is 0. The third kappa shape index (κ3) is 1.99. The number of hydrogen-bond donors (Lipinski definition) is 3. The fourth-order valence-corrected chi connectivity index (χ4v) is 1.09. The molecule has 1 aliphatic rings.